The fraction of sp³-hybridized carbons (Fsp3) is 0.310. The highest BCUT2D eigenvalue weighted by Crippen LogP contribution is 2.37. The lowest BCUT2D eigenvalue weighted by atomic mass is 9.90. The van der Waals surface area contributed by atoms with E-state index in [1.807, 2.05) is 13.8 Å². The molecule has 0 aromatic heterocycles. The van der Waals surface area contributed by atoms with Gasteiger partial charge in [-0.15, -0.1) is 0 Å². The lowest BCUT2D eigenvalue weighted by Gasteiger charge is -2.37. The lowest BCUT2D eigenvalue weighted by Crippen LogP contribution is -2.46. The van der Waals surface area contributed by atoms with Crippen molar-refractivity contribution in [1.29, 1.82) is 0 Å². The van der Waals surface area contributed by atoms with Gasteiger partial charge in [-0.05, 0) is 78.1 Å². The Labute approximate surface area is 214 Å². The standard InChI is InChI=1S/C29H28F2N2O4/c1-18-13-20(14-19(2)26(18)22-5-8-24(30)25(31)15-22)16-32-11-9-29(10-12-32)17-33(28(36)37-29)23-6-3-21(4-7-23)27(34)35/h3-8,13-15H,9-12,16-17H2,1-2H3,(H,34,35). The highest BCUT2D eigenvalue weighted by atomic mass is 19.2. The number of nitrogens with zero attached hydrogens (tertiary/aromatic N) is 2. The monoisotopic (exact) mass is 506 g/mol. The third-order valence-corrected chi connectivity index (χ3v) is 7.37. The molecule has 2 fully saturated rings. The summed E-state index contributed by atoms with van der Waals surface area (Å²) in [7, 11) is 0. The van der Waals surface area contributed by atoms with Crippen LogP contribution in [0.5, 0.6) is 0 Å². The molecule has 37 heavy (non-hydrogen) atoms. The number of aryl methyl sites for hydroxylation is 2. The number of hydrogen-bond acceptors (Lipinski definition) is 4. The number of piperidine rings is 1. The number of likely N-dealkylation sites (tertiary alicyclic amines) is 1. The van der Waals surface area contributed by atoms with Gasteiger partial charge in [0.1, 0.15) is 5.60 Å². The van der Waals surface area contributed by atoms with E-state index < -0.39 is 29.3 Å². The Bertz CT molecular complexity index is 1340. The number of amides is 1. The number of carboxylic acid groups (broad SMARTS) is 1. The van der Waals surface area contributed by atoms with Crippen LogP contribution in [0, 0.1) is 25.5 Å². The van der Waals surface area contributed by atoms with E-state index in [9.17, 15) is 18.4 Å². The fourth-order valence-corrected chi connectivity index (χ4v) is 5.49. The Morgan fingerprint density at radius 2 is 1.62 bits per heavy atom. The van der Waals surface area contributed by atoms with E-state index in [0.29, 0.717) is 30.6 Å². The number of ether oxygens (including phenoxy) is 1. The van der Waals surface area contributed by atoms with Crippen molar-refractivity contribution in [3.8, 4) is 11.1 Å². The van der Waals surface area contributed by atoms with Gasteiger partial charge in [0.15, 0.2) is 11.6 Å². The van der Waals surface area contributed by atoms with Crippen LogP contribution in [0.1, 0.15) is 39.9 Å². The molecule has 1 amide bonds. The second-order valence-electron chi connectivity index (χ2n) is 10.00. The molecule has 2 aliphatic heterocycles. The van der Waals surface area contributed by atoms with Gasteiger partial charge in [-0.1, -0.05) is 18.2 Å². The Morgan fingerprint density at radius 1 is 0.973 bits per heavy atom. The molecule has 0 aliphatic carbocycles. The summed E-state index contributed by atoms with van der Waals surface area (Å²) in [5.74, 6) is -2.72. The molecule has 2 heterocycles. The summed E-state index contributed by atoms with van der Waals surface area (Å²) in [5, 5.41) is 9.10. The van der Waals surface area contributed by atoms with E-state index in [2.05, 4.69) is 17.0 Å². The topological polar surface area (TPSA) is 70.1 Å². The van der Waals surface area contributed by atoms with E-state index in [-0.39, 0.29) is 5.56 Å². The molecule has 8 heteroatoms. The molecular weight excluding hydrogens is 478 g/mol. The van der Waals surface area contributed by atoms with Crippen LogP contribution in [0.2, 0.25) is 0 Å². The van der Waals surface area contributed by atoms with Crippen LogP contribution in [0.25, 0.3) is 11.1 Å². The van der Waals surface area contributed by atoms with Crippen LogP contribution in [-0.2, 0) is 11.3 Å². The maximum absolute atomic E-state index is 13.8. The molecule has 1 N–H and O–H groups in total. The van der Waals surface area contributed by atoms with Gasteiger partial charge in [0.2, 0.25) is 0 Å². The van der Waals surface area contributed by atoms with Gasteiger partial charge < -0.3 is 9.84 Å². The summed E-state index contributed by atoms with van der Waals surface area (Å²) in [6.45, 7) is 6.67. The summed E-state index contributed by atoms with van der Waals surface area (Å²) < 4.78 is 33.0. The second-order valence-corrected chi connectivity index (χ2v) is 10.00. The third kappa shape index (κ3) is 4.93. The van der Waals surface area contributed by atoms with E-state index in [1.165, 1.54) is 18.2 Å². The molecule has 0 atom stereocenters. The molecule has 5 rings (SSSR count). The number of rotatable bonds is 5. The van der Waals surface area contributed by atoms with Crippen LogP contribution >= 0.6 is 0 Å². The average Bonchev–Trinajstić information content (AvgIpc) is 3.18. The van der Waals surface area contributed by atoms with Gasteiger partial charge in [0, 0.05) is 38.2 Å². The first-order chi connectivity index (χ1) is 17.6. The van der Waals surface area contributed by atoms with E-state index >= 15 is 0 Å². The van der Waals surface area contributed by atoms with E-state index in [1.54, 1.807) is 23.1 Å². The zero-order valence-corrected chi connectivity index (χ0v) is 20.8. The lowest BCUT2D eigenvalue weighted by molar-refractivity contribution is -0.000987. The molecule has 0 bridgehead atoms. The number of aromatic carboxylic acids is 1. The van der Waals surface area contributed by atoms with Crippen LogP contribution < -0.4 is 4.90 Å². The zero-order valence-electron chi connectivity index (χ0n) is 20.8. The largest absolute Gasteiger partial charge is 0.478 e. The Morgan fingerprint density at radius 3 is 2.22 bits per heavy atom. The summed E-state index contributed by atoms with van der Waals surface area (Å²) >= 11 is 0. The molecule has 0 radical (unpaired) electrons. The Hall–Kier alpha value is -3.78. The first-order valence-electron chi connectivity index (χ1n) is 12.3. The molecule has 6 nitrogen and oxygen atoms in total. The maximum atomic E-state index is 13.8. The van der Waals surface area contributed by atoms with Gasteiger partial charge in [0.05, 0.1) is 12.1 Å². The average molecular weight is 507 g/mol. The first kappa shape index (κ1) is 24.9. The van der Waals surface area contributed by atoms with Crippen LogP contribution in [-0.4, -0.2) is 47.3 Å². The number of anilines is 1. The van der Waals surface area contributed by atoms with Crippen molar-refractivity contribution in [2.45, 2.75) is 38.8 Å². The smallest absolute Gasteiger partial charge is 0.415 e. The summed E-state index contributed by atoms with van der Waals surface area (Å²) in [6.07, 6.45) is 0.997. The molecule has 192 valence electrons. The van der Waals surface area contributed by atoms with Crippen molar-refractivity contribution < 1.29 is 28.2 Å². The number of carbonyl (C=O) groups excluding carboxylic acids is 1. The third-order valence-electron chi connectivity index (χ3n) is 7.37. The van der Waals surface area contributed by atoms with Gasteiger partial charge >= 0.3 is 12.1 Å². The van der Waals surface area contributed by atoms with Gasteiger partial charge in [-0.25, -0.2) is 18.4 Å². The van der Waals surface area contributed by atoms with Crippen molar-refractivity contribution in [2.24, 2.45) is 0 Å². The van der Waals surface area contributed by atoms with Gasteiger partial charge in [-0.2, -0.15) is 0 Å². The first-order valence-corrected chi connectivity index (χ1v) is 12.3. The number of carbonyl (C=O) groups is 2. The Balaban J connectivity index is 1.24. The SMILES string of the molecule is Cc1cc(CN2CCC3(CC2)CN(c2ccc(C(=O)O)cc2)C(=O)O3)cc(C)c1-c1ccc(F)c(F)c1. The van der Waals surface area contributed by atoms with Crippen molar-refractivity contribution >= 4 is 17.7 Å². The quantitative estimate of drug-likeness (QED) is 0.464. The van der Waals surface area contributed by atoms with E-state index in [0.717, 1.165) is 48.0 Å². The van der Waals surface area contributed by atoms with Crippen LogP contribution in [0.3, 0.4) is 0 Å². The minimum absolute atomic E-state index is 0.169. The van der Waals surface area contributed by atoms with Crippen molar-refractivity contribution in [3.05, 3.63) is 88.5 Å². The fourth-order valence-electron chi connectivity index (χ4n) is 5.49. The normalized spacial score (nSPS) is 17.3. The van der Waals surface area contributed by atoms with Crippen LogP contribution in [0.15, 0.2) is 54.6 Å². The summed E-state index contributed by atoms with van der Waals surface area (Å²) in [4.78, 5) is 27.6. The molecule has 2 saturated heterocycles. The van der Waals surface area contributed by atoms with Gasteiger partial charge in [0.25, 0.3) is 0 Å². The van der Waals surface area contributed by atoms with Crippen molar-refractivity contribution in [3.63, 3.8) is 0 Å². The molecule has 3 aromatic carbocycles. The predicted molar refractivity (Wildman–Crippen MR) is 136 cm³/mol. The maximum Gasteiger partial charge on any atom is 0.415 e. The highest BCUT2D eigenvalue weighted by Gasteiger charge is 2.47. The summed E-state index contributed by atoms with van der Waals surface area (Å²) in [6, 6.07) is 14.4. The number of hydrogen-bond donors (Lipinski definition) is 1. The second kappa shape index (κ2) is 9.59. The van der Waals surface area contributed by atoms with Crippen LogP contribution in [0.4, 0.5) is 19.3 Å². The highest BCUT2D eigenvalue weighted by molar-refractivity contribution is 5.92. The number of benzene rings is 3. The van der Waals surface area contributed by atoms with Crippen molar-refractivity contribution in [1.82, 2.24) is 4.90 Å². The van der Waals surface area contributed by atoms with Gasteiger partial charge in [-0.3, -0.25) is 9.80 Å². The molecule has 0 saturated carbocycles. The molecule has 3 aromatic rings. The number of carboxylic acids is 1. The minimum Gasteiger partial charge on any atom is -0.478 e. The minimum atomic E-state index is -1.01. The predicted octanol–water partition coefficient (Wildman–Crippen LogP) is 5.94. The Kier molecular flexibility index (Phi) is 6.45. The zero-order chi connectivity index (χ0) is 26.3. The number of halogens is 2. The molecule has 2 aliphatic rings. The van der Waals surface area contributed by atoms with E-state index in [4.69, 9.17) is 9.84 Å². The summed E-state index contributed by atoms with van der Waals surface area (Å²) in [5.41, 5.74) is 4.96. The molecular formula is C29H28F2N2O4. The molecule has 0 unspecified atom stereocenters. The molecule has 1 spiro atoms. The van der Waals surface area contributed by atoms with Crippen molar-refractivity contribution in [2.75, 3.05) is 24.5 Å².